The average molecular weight is 196 g/mol. The number of carbonyl (C=O) groups is 1. The molecule has 0 aliphatic heterocycles. The monoisotopic (exact) mass is 196 g/mol. The van der Waals surface area contributed by atoms with E-state index in [9.17, 15) is 4.79 Å². The predicted molar refractivity (Wildman–Crippen MR) is 46.8 cm³/mol. The zero-order chi connectivity index (χ0) is 9.97. The second kappa shape index (κ2) is 3.77. The van der Waals surface area contributed by atoms with Crippen LogP contribution in [0.5, 0.6) is 0 Å². The summed E-state index contributed by atoms with van der Waals surface area (Å²) in [5.41, 5.74) is 0. The topological polar surface area (TPSA) is 65.2 Å². The quantitative estimate of drug-likeness (QED) is 0.671. The molecule has 0 N–H and O–H groups in total. The third-order valence-corrected chi connectivity index (χ3v) is 2.51. The van der Waals surface area contributed by atoms with Crippen molar-refractivity contribution in [2.24, 2.45) is 0 Å². The van der Waals surface area contributed by atoms with Crippen LogP contribution >= 0.6 is 0 Å². The van der Waals surface area contributed by atoms with E-state index in [0.717, 1.165) is 12.8 Å². The van der Waals surface area contributed by atoms with E-state index in [0.29, 0.717) is 11.8 Å². The maximum Gasteiger partial charge on any atom is 0.396 e. The molecule has 5 heteroatoms. The fraction of sp³-hybridized carbons (Fsp3) is 0.667. The van der Waals surface area contributed by atoms with Crippen LogP contribution in [0.1, 0.15) is 48.2 Å². The van der Waals surface area contributed by atoms with Crippen LogP contribution in [0.4, 0.5) is 0 Å². The Morgan fingerprint density at radius 1 is 1.43 bits per heavy atom. The summed E-state index contributed by atoms with van der Waals surface area (Å²) in [7, 11) is 1.29. The Bertz CT molecular complexity index is 329. The van der Waals surface area contributed by atoms with Crippen LogP contribution < -0.4 is 0 Å². The maximum absolute atomic E-state index is 11.0. The summed E-state index contributed by atoms with van der Waals surface area (Å²) >= 11 is 0. The SMILES string of the molecule is COC(=O)c1nnc(C2CCCC2)o1. The first-order chi connectivity index (χ1) is 6.81. The molecule has 0 spiro atoms. The average Bonchev–Trinajstić information content (AvgIpc) is 2.86. The molecular formula is C9H12N2O3. The van der Waals surface area contributed by atoms with Gasteiger partial charge >= 0.3 is 11.9 Å². The van der Waals surface area contributed by atoms with E-state index in [2.05, 4.69) is 14.9 Å². The van der Waals surface area contributed by atoms with Gasteiger partial charge in [-0.15, -0.1) is 10.2 Å². The third-order valence-electron chi connectivity index (χ3n) is 2.51. The van der Waals surface area contributed by atoms with Gasteiger partial charge in [0.25, 0.3) is 0 Å². The van der Waals surface area contributed by atoms with Crippen molar-refractivity contribution in [3.8, 4) is 0 Å². The molecule has 14 heavy (non-hydrogen) atoms. The molecule has 1 saturated carbocycles. The number of methoxy groups -OCH3 is 1. The largest absolute Gasteiger partial charge is 0.462 e. The lowest BCUT2D eigenvalue weighted by atomic mass is 10.1. The van der Waals surface area contributed by atoms with Crippen LogP contribution in [0, 0.1) is 0 Å². The van der Waals surface area contributed by atoms with Gasteiger partial charge in [0.1, 0.15) is 0 Å². The van der Waals surface area contributed by atoms with Gasteiger partial charge in [-0.05, 0) is 12.8 Å². The van der Waals surface area contributed by atoms with E-state index in [4.69, 9.17) is 4.42 Å². The minimum atomic E-state index is -0.568. The van der Waals surface area contributed by atoms with Gasteiger partial charge in [0, 0.05) is 5.92 Å². The van der Waals surface area contributed by atoms with Crippen molar-refractivity contribution < 1.29 is 13.9 Å². The van der Waals surface area contributed by atoms with Crippen LogP contribution in [-0.4, -0.2) is 23.3 Å². The normalized spacial score (nSPS) is 17.2. The summed E-state index contributed by atoms with van der Waals surface area (Å²) in [5, 5.41) is 7.49. The zero-order valence-electron chi connectivity index (χ0n) is 8.02. The van der Waals surface area contributed by atoms with Gasteiger partial charge in [-0.25, -0.2) is 4.79 Å². The Labute approximate surface area is 81.5 Å². The molecule has 0 amide bonds. The summed E-state index contributed by atoms with van der Waals surface area (Å²) in [4.78, 5) is 11.0. The number of rotatable bonds is 2. The van der Waals surface area contributed by atoms with E-state index in [-0.39, 0.29) is 5.89 Å². The summed E-state index contributed by atoms with van der Waals surface area (Å²) in [6.07, 6.45) is 4.53. The Balaban J connectivity index is 2.12. The van der Waals surface area contributed by atoms with Gasteiger partial charge in [0.2, 0.25) is 5.89 Å². The van der Waals surface area contributed by atoms with E-state index in [1.54, 1.807) is 0 Å². The highest BCUT2D eigenvalue weighted by Gasteiger charge is 2.24. The van der Waals surface area contributed by atoms with Gasteiger partial charge in [0.15, 0.2) is 0 Å². The highest BCUT2D eigenvalue weighted by Crippen LogP contribution is 2.33. The number of ether oxygens (including phenoxy) is 1. The van der Waals surface area contributed by atoms with Crippen molar-refractivity contribution >= 4 is 5.97 Å². The van der Waals surface area contributed by atoms with E-state index in [1.165, 1.54) is 20.0 Å². The van der Waals surface area contributed by atoms with E-state index >= 15 is 0 Å². The van der Waals surface area contributed by atoms with E-state index in [1.807, 2.05) is 0 Å². The number of hydrogen-bond acceptors (Lipinski definition) is 5. The highest BCUT2D eigenvalue weighted by molar-refractivity contribution is 5.83. The first kappa shape index (κ1) is 9.18. The molecule has 5 nitrogen and oxygen atoms in total. The van der Waals surface area contributed by atoms with E-state index < -0.39 is 5.97 Å². The maximum atomic E-state index is 11.0. The van der Waals surface area contributed by atoms with Gasteiger partial charge < -0.3 is 9.15 Å². The first-order valence-electron chi connectivity index (χ1n) is 4.73. The predicted octanol–water partition coefficient (Wildman–Crippen LogP) is 1.51. The molecule has 1 fully saturated rings. The fourth-order valence-electron chi connectivity index (χ4n) is 1.74. The van der Waals surface area contributed by atoms with Crippen molar-refractivity contribution in [3.63, 3.8) is 0 Å². The second-order valence-electron chi connectivity index (χ2n) is 3.42. The molecule has 1 aliphatic carbocycles. The standard InChI is InChI=1S/C9H12N2O3/c1-13-9(12)8-11-10-7(14-8)6-4-2-3-5-6/h6H,2-5H2,1H3. The lowest BCUT2D eigenvalue weighted by Crippen LogP contribution is -2.00. The molecule has 0 radical (unpaired) electrons. The van der Waals surface area contributed by atoms with Gasteiger partial charge in [-0.2, -0.15) is 0 Å². The number of hydrogen-bond donors (Lipinski definition) is 0. The molecular weight excluding hydrogens is 184 g/mol. The Morgan fingerprint density at radius 2 is 2.14 bits per heavy atom. The fourth-order valence-corrected chi connectivity index (χ4v) is 1.74. The molecule has 1 heterocycles. The molecule has 76 valence electrons. The number of aromatic nitrogens is 2. The molecule has 1 aromatic heterocycles. The van der Waals surface area contributed by atoms with Crippen LogP contribution in [0.25, 0.3) is 0 Å². The number of carbonyl (C=O) groups excluding carboxylic acids is 1. The summed E-state index contributed by atoms with van der Waals surface area (Å²) in [5.74, 6) is 0.292. The van der Waals surface area contributed by atoms with Crippen molar-refractivity contribution in [1.82, 2.24) is 10.2 Å². The smallest absolute Gasteiger partial charge is 0.396 e. The lowest BCUT2D eigenvalue weighted by Gasteiger charge is -1.99. The molecule has 0 aromatic carbocycles. The number of nitrogens with zero attached hydrogens (tertiary/aromatic N) is 2. The molecule has 0 unspecified atom stereocenters. The minimum absolute atomic E-state index is 0.0469. The molecule has 2 rings (SSSR count). The summed E-state index contributed by atoms with van der Waals surface area (Å²) in [6.45, 7) is 0. The Hall–Kier alpha value is -1.39. The second-order valence-corrected chi connectivity index (χ2v) is 3.42. The van der Waals surface area contributed by atoms with Crippen molar-refractivity contribution in [2.75, 3.05) is 7.11 Å². The van der Waals surface area contributed by atoms with Crippen LogP contribution in [0.2, 0.25) is 0 Å². The summed E-state index contributed by atoms with van der Waals surface area (Å²) < 4.78 is 9.70. The molecule has 1 aromatic rings. The molecule has 0 bridgehead atoms. The summed E-state index contributed by atoms with van der Waals surface area (Å²) in [6, 6.07) is 0. The van der Waals surface area contributed by atoms with Crippen molar-refractivity contribution in [2.45, 2.75) is 31.6 Å². The molecule has 0 saturated heterocycles. The lowest BCUT2D eigenvalue weighted by molar-refractivity contribution is 0.0553. The Kier molecular flexibility index (Phi) is 2.47. The zero-order valence-corrected chi connectivity index (χ0v) is 8.02. The Morgan fingerprint density at radius 3 is 2.79 bits per heavy atom. The third kappa shape index (κ3) is 1.62. The molecule has 0 atom stereocenters. The van der Waals surface area contributed by atoms with Crippen LogP contribution in [-0.2, 0) is 4.74 Å². The van der Waals surface area contributed by atoms with Gasteiger partial charge in [0.05, 0.1) is 7.11 Å². The van der Waals surface area contributed by atoms with Gasteiger partial charge in [-0.3, -0.25) is 0 Å². The first-order valence-corrected chi connectivity index (χ1v) is 4.73. The van der Waals surface area contributed by atoms with Crippen molar-refractivity contribution in [1.29, 1.82) is 0 Å². The minimum Gasteiger partial charge on any atom is -0.462 e. The van der Waals surface area contributed by atoms with Crippen molar-refractivity contribution in [3.05, 3.63) is 11.8 Å². The van der Waals surface area contributed by atoms with Gasteiger partial charge in [-0.1, -0.05) is 12.8 Å². The van der Waals surface area contributed by atoms with Crippen LogP contribution in [0.3, 0.4) is 0 Å². The number of esters is 1. The highest BCUT2D eigenvalue weighted by atomic mass is 16.5. The van der Waals surface area contributed by atoms with Crippen LogP contribution in [0.15, 0.2) is 4.42 Å². The molecule has 1 aliphatic rings.